The lowest BCUT2D eigenvalue weighted by atomic mass is 10.3. The molecule has 0 unspecified atom stereocenters. The Kier molecular flexibility index (Phi) is 3.66. The predicted octanol–water partition coefficient (Wildman–Crippen LogP) is 1.47. The van der Waals surface area contributed by atoms with Crippen LogP contribution in [0.4, 0.5) is 5.82 Å². The monoisotopic (exact) mass is 262 g/mol. The second-order valence-electron chi connectivity index (χ2n) is 4.27. The maximum atomic E-state index is 5.80. The molecule has 0 aliphatic heterocycles. The van der Waals surface area contributed by atoms with Gasteiger partial charge in [0.15, 0.2) is 0 Å². The van der Waals surface area contributed by atoms with Gasteiger partial charge in [0.05, 0.1) is 11.3 Å². The summed E-state index contributed by atoms with van der Waals surface area (Å²) < 4.78 is 7.46. The molecule has 0 aliphatic rings. The zero-order valence-electron chi connectivity index (χ0n) is 11.6. The SMILES string of the molecule is CCc1nc(NN)c(C)c(Oc2cc(C)nn2C)n1. The quantitative estimate of drug-likeness (QED) is 0.640. The fourth-order valence-electron chi connectivity index (χ4n) is 1.72. The molecule has 7 nitrogen and oxygen atoms in total. The zero-order chi connectivity index (χ0) is 14.0. The van der Waals surface area contributed by atoms with Gasteiger partial charge in [0.25, 0.3) is 0 Å². The maximum Gasteiger partial charge on any atom is 0.229 e. The van der Waals surface area contributed by atoms with Crippen molar-refractivity contribution in [2.45, 2.75) is 27.2 Å². The second kappa shape index (κ2) is 5.23. The van der Waals surface area contributed by atoms with Gasteiger partial charge in [-0.1, -0.05) is 6.92 Å². The largest absolute Gasteiger partial charge is 0.420 e. The summed E-state index contributed by atoms with van der Waals surface area (Å²) in [5.74, 6) is 7.82. The highest BCUT2D eigenvalue weighted by Gasteiger charge is 2.13. The molecule has 0 amide bonds. The lowest BCUT2D eigenvalue weighted by Gasteiger charge is -2.11. The Morgan fingerprint density at radius 1 is 1.37 bits per heavy atom. The molecule has 0 bridgehead atoms. The Morgan fingerprint density at radius 3 is 2.63 bits per heavy atom. The minimum absolute atomic E-state index is 0.489. The molecule has 0 radical (unpaired) electrons. The topological polar surface area (TPSA) is 90.9 Å². The number of hydrazine groups is 1. The number of nitrogens with one attached hydrogen (secondary N) is 1. The van der Waals surface area contributed by atoms with E-state index in [9.17, 15) is 0 Å². The minimum Gasteiger partial charge on any atom is -0.420 e. The molecule has 0 saturated heterocycles. The molecular weight excluding hydrogens is 244 g/mol. The van der Waals surface area contributed by atoms with E-state index in [1.807, 2.05) is 33.9 Å². The van der Waals surface area contributed by atoms with Crippen molar-refractivity contribution < 1.29 is 4.74 Å². The number of nitrogen functional groups attached to an aromatic ring is 1. The number of ether oxygens (including phenoxy) is 1. The van der Waals surface area contributed by atoms with Gasteiger partial charge < -0.3 is 10.2 Å². The highest BCUT2D eigenvalue weighted by Crippen LogP contribution is 2.26. The average Bonchev–Trinajstić information content (AvgIpc) is 2.70. The third kappa shape index (κ3) is 2.65. The summed E-state index contributed by atoms with van der Waals surface area (Å²) in [6.07, 6.45) is 0.704. The van der Waals surface area contributed by atoms with Crippen LogP contribution < -0.4 is 16.0 Å². The van der Waals surface area contributed by atoms with Crippen LogP contribution in [-0.2, 0) is 13.5 Å². The van der Waals surface area contributed by atoms with Gasteiger partial charge in [-0.3, -0.25) is 0 Å². The standard InChI is InChI=1S/C12H18N6O/c1-5-9-14-11(16-13)8(3)12(15-9)19-10-6-7(2)17-18(10)4/h6H,5,13H2,1-4H3,(H,14,15,16). The number of nitrogens with zero attached hydrogens (tertiary/aromatic N) is 4. The lowest BCUT2D eigenvalue weighted by Crippen LogP contribution is -2.13. The maximum absolute atomic E-state index is 5.80. The fraction of sp³-hybridized carbons (Fsp3) is 0.417. The van der Waals surface area contributed by atoms with E-state index in [2.05, 4.69) is 20.5 Å². The smallest absolute Gasteiger partial charge is 0.229 e. The Bertz CT molecular complexity index is 592. The summed E-state index contributed by atoms with van der Waals surface area (Å²) in [7, 11) is 1.82. The fourth-order valence-corrected chi connectivity index (χ4v) is 1.72. The third-order valence-corrected chi connectivity index (χ3v) is 2.76. The van der Waals surface area contributed by atoms with Crippen molar-refractivity contribution in [2.75, 3.05) is 5.43 Å². The molecule has 7 heteroatoms. The lowest BCUT2D eigenvalue weighted by molar-refractivity contribution is 0.410. The number of aryl methyl sites for hydroxylation is 3. The zero-order valence-corrected chi connectivity index (χ0v) is 11.6. The summed E-state index contributed by atoms with van der Waals surface area (Å²) in [6.45, 7) is 5.74. The van der Waals surface area contributed by atoms with Crippen LogP contribution in [0, 0.1) is 13.8 Å². The number of hydrogen-bond donors (Lipinski definition) is 2. The number of anilines is 1. The number of hydrogen-bond acceptors (Lipinski definition) is 6. The van der Waals surface area contributed by atoms with Gasteiger partial charge in [0.1, 0.15) is 11.6 Å². The summed E-state index contributed by atoms with van der Waals surface area (Å²) in [5.41, 5.74) is 4.21. The molecule has 0 saturated carbocycles. The summed E-state index contributed by atoms with van der Waals surface area (Å²) in [6, 6.07) is 1.85. The number of aromatic nitrogens is 4. The summed E-state index contributed by atoms with van der Waals surface area (Å²) in [5, 5.41) is 4.23. The van der Waals surface area contributed by atoms with E-state index < -0.39 is 0 Å². The molecule has 0 aliphatic carbocycles. The van der Waals surface area contributed by atoms with Crippen molar-refractivity contribution in [3.63, 3.8) is 0 Å². The van der Waals surface area contributed by atoms with E-state index >= 15 is 0 Å². The van der Waals surface area contributed by atoms with Crippen LogP contribution in [0.3, 0.4) is 0 Å². The van der Waals surface area contributed by atoms with Crippen LogP contribution in [0.15, 0.2) is 6.07 Å². The van der Waals surface area contributed by atoms with E-state index in [1.165, 1.54) is 0 Å². The molecule has 2 aromatic rings. The van der Waals surface area contributed by atoms with Crippen LogP contribution in [0.1, 0.15) is 24.0 Å². The molecule has 0 spiro atoms. The molecule has 102 valence electrons. The van der Waals surface area contributed by atoms with Crippen LogP contribution in [0.5, 0.6) is 11.8 Å². The van der Waals surface area contributed by atoms with E-state index in [-0.39, 0.29) is 0 Å². The highest BCUT2D eigenvalue weighted by molar-refractivity contribution is 5.48. The predicted molar refractivity (Wildman–Crippen MR) is 72.0 cm³/mol. The van der Waals surface area contributed by atoms with E-state index in [4.69, 9.17) is 10.6 Å². The van der Waals surface area contributed by atoms with Crippen molar-refractivity contribution in [2.24, 2.45) is 12.9 Å². The Labute approximate surface area is 111 Å². The molecule has 2 heterocycles. The van der Waals surface area contributed by atoms with Crippen molar-refractivity contribution in [1.29, 1.82) is 0 Å². The van der Waals surface area contributed by atoms with Crippen molar-refractivity contribution >= 4 is 5.82 Å². The molecule has 0 aromatic carbocycles. The first kappa shape index (κ1) is 13.3. The van der Waals surface area contributed by atoms with Gasteiger partial charge in [0.2, 0.25) is 11.8 Å². The second-order valence-corrected chi connectivity index (χ2v) is 4.27. The molecule has 3 N–H and O–H groups in total. The van der Waals surface area contributed by atoms with Gasteiger partial charge in [-0.25, -0.2) is 15.5 Å². The van der Waals surface area contributed by atoms with E-state index in [0.29, 0.717) is 29.8 Å². The first-order chi connectivity index (χ1) is 9.05. The van der Waals surface area contributed by atoms with Gasteiger partial charge in [-0.2, -0.15) is 10.1 Å². The summed E-state index contributed by atoms with van der Waals surface area (Å²) in [4.78, 5) is 8.66. The Balaban J connectivity index is 2.41. The van der Waals surface area contributed by atoms with Crippen LogP contribution in [0.2, 0.25) is 0 Å². The van der Waals surface area contributed by atoms with E-state index in [0.717, 1.165) is 11.3 Å². The van der Waals surface area contributed by atoms with Crippen molar-refractivity contribution in [3.05, 3.63) is 23.1 Å². The van der Waals surface area contributed by atoms with Crippen LogP contribution in [-0.4, -0.2) is 19.7 Å². The van der Waals surface area contributed by atoms with Gasteiger partial charge >= 0.3 is 0 Å². The van der Waals surface area contributed by atoms with Gasteiger partial charge in [0, 0.05) is 19.5 Å². The summed E-state index contributed by atoms with van der Waals surface area (Å²) >= 11 is 0. The van der Waals surface area contributed by atoms with E-state index in [1.54, 1.807) is 4.68 Å². The molecule has 0 fully saturated rings. The van der Waals surface area contributed by atoms with Crippen molar-refractivity contribution in [1.82, 2.24) is 19.7 Å². The number of nitrogens with two attached hydrogens (primary N) is 1. The molecule has 0 atom stereocenters. The van der Waals surface area contributed by atoms with Crippen LogP contribution in [0.25, 0.3) is 0 Å². The van der Waals surface area contributed by atoms with Gasteiger partial charge in [-0.15, -0.1) is 0 Å². The Hall–Kier alpha value is -2.15. The van der Waals surface area contributed by atoms with Crippen LogP contribution >= 0.6 is 0 Å². The third-order valence-electron chi connectivity index (χ3n) is 2.76. The van der Waals surface area contributed by atoms with Crippen molar-refractivity contribution in [3.8, 4) is 11.8 Å². The molecular formula is C12H18N6O. The minimum atomic E-state index is 0.489. The average molecular weight is 262 g/mol. The van der Waals surface area contributed by atoms with Gasteiger partial charge in [-0.05, 0) is 13.8 Å². The number of rotatable bonds is 4. The first-order valence-corrected chi connectivity index (χ1v) is 6.07. The molecule has 2 aromatic heterocycles. The molecule has 2 rings (SSSR count). The normalized spacial score (nSPS) is 10.6. The first-order valence-electron chi connectivity index (χ1n) is 6.07. The highest BCUT2D eigenvalue weighted by atomic mass is 16.5. The molecule has 19 heavy (non-hydrogen) atoms. The Morgan fingerprint density at radius 2 is 2.11 bits per heavy atom.